The number of rotatable bonds is 5. The van der Waals surface area contributed by atoms with E-state index < -0.39 is 0 Å². The zero-order valence-electron chi connectivity index (χ0n) is 9.83. The predicted octanol–water partition coefficient (Wildman–Crippen LogP) is 1.86. The molecule has 3 N–H and O–H groups in total. The fraction of sp³-hybridized carbons (Fsp3) is 0.583. The molecule has 0 fully saturated rings. The minimum atomic E-state index is -0.0999. The molecule has 15 heavy (non-hydrogen) atoms. The minimum absolute atomic E-state index is 0.0999. The van der Waals surface area contributed by atoms with E-state index in [4.69, 9.17) is 5.73 Å². The second-order valence-electron chi connectivity index (χ2n) is 4.65. The van der Waals surface area contributed by atoms with Gasteiger partial charge in [-0.25, -0.2) is 0 Å². The summed E-state index contributed by atoms with van der Waals surface area (Å²) in [7, 11) is 1.97. The molecule has 0 radical (unpaired) electrons. The molecule has 1 aromatic rings. The molecule has 1 heterocycles. The Morgan fingerprint density at radius 1 is 1.53 bits per heavy atom. The third-order valence-corrected chi connectivity index (χ3v) is 2.51. The van der Waals surface area contributed by atoms with Crippen LogP contribution >= 0.6 is 0 Å². The molecule has 84 valence electrons. The van der Waals surface area contributed by atoms with Gasteiger partial charge in [0.05, 0.1) is 0 Å². The molecule has 3 nitrogen and oxygen atoms in total. The van der Waals surface area contributed by atoms with Crippen LogP contribution in [0.5, 0.6) is 0 Å². The van der Waals surface area contributed by atoms with Crippen LogP contribution in [0.15, 0.2) is 24.5 Å². The van der Waals surface area contributed by atoms with Gasteiger partial charge in [0.1, 0.15) is 0 Å². The summed E-state index contributed by atoms with van der Waals surface area (Å²) in [6, 6.07) is 4.41. The van der Waals surface area contributed by atoms with E-state index in [-0.39, 0.29) is 5.54 Å². The lowest BCUT2D eigenvalue weighted by Gasteiger charge is -2.23. The van der Waals surface area contributed by atoms with Gasteiger partial charge in [0.25, 0.3) is 0 Å². The highest BCUT2D eigenvalue weighted by Crippen LogP contribution is 2.20. The Morgan fingerprint density at radius 3 is 2.73 bits per heavy atom. The summed E-state index contributed by atoms with van der Waals surface area (Å²) < 4.78 is 0. The van der Waals surface area contributed by atoms with Gasteiger partial charge in [0.2, 0.25) is 0 Å². The molecule has 0 saturated carbocycles. The lowest BCUT2D eigenvalue weighted by atomic mass is 9.94. The first-order chi connectivity index (χ1) is 7.03. The lowest BCUT2D eigenvalue weighted by Crippen LogP contribution is -2.33. The molecule has 0 aromatic carbocycles. The molecule has 1 rings (SSSR count). The maximum Gasteiger partial charge on any atom is 0.0333 e. The Kier molecular flexibility index (Phi) is 4.24. The Morgan fingerprint density at radius 2 is 2.27 bits per heavy atom. The van der Waals surface area contributed by atoms with Gasteiger partial charge in [-0.15, -0.1) is 0 Å². The van der Waals surface area contributed by atoms with Crippen molar-refractivity contribution in [2.45, 2.75) is 38.3 Å². The molecular formula is C12H21N3. The van der Waals surface area contributed by atoms with Gasteiger partial charge < -0.3 is 11.1 Å². The summed E-state index contributed by atoms with van der Waals surface area (Å²) in [4.78, 5) is 4.13. The number of nitrogens with two attached hydrogens (primary N) is 1. The highest BCUT2D eigenvalue weighted by molar-refractivity contribution is 5.13. The normalized spacial score (nSPS) is 13.9. The maximum atomic E-state index is 5.97. The molecule has 0 aliphatic heterocycles. The molecule has 0 aliphatic rings. The van der Waals surface area contributed by atoms with E-state index in [0.717, 1.165) is 12.8 Å². The molecule has 0 amide bonds. The summed E-state index contributed by atoms with van der Waals surface area (Å²) in [6.07, 6.45) is 5.73. The van der Waals surface area contributed by atoms with Crippen molar-refractivity contribution in [3.05, 3.63) is 30.1 Å². The van der Waals surface area contributed by atoms with E-state index in [1.807, 2.05) is 19.3 Å². The molecule has 0 bridgehead atoms. The second kappa shape index (κ2) is 5.24. The van der Waals surface area contributed by atoms with E-state index in [1.54, 1.807) is 6.20 Å². The van der Waals surface area contributed by atoms with Crippen molar-refractivity contribution in [3.63, 3.8) is 0 Å². The van der Waals surface area contributed by atoms with Crippen molar-refractivity contribution >= 4 is 0 Å². The maximum absolute atomic E-state index is 5.97. The van der Waals surface area contributed by atoms with E-state index in [1.165, 1.54) is 5.56 Å². The summed E-state index contributed by atoms with van der Waals surface area (Å²) in [6.45, 7) is 4.12. The predicted molar refractivity (Wildman–Crippen MR) is 63.5 cm³/mol. The first-order valence-corrected chi connectivity index (χ1v) is 5.39. The van der Waals surface area contributed by atoms with Gasteiger partial charge in [-0.2, -0.15) is 0 Å². The Balaban J connectivity index is 2.58. The standard InChI is InChI=1S/C12H21N3/c1-12(2,13)7-6-11(14-3)10-5-4-8-15-9-10/h4-5,8-9,11,14H,6-7,13H2,1-3H3. The van der Waals surface area contributed by atoms with Crippen molar-refractivity contribution in [1.29, 1.82) is 0 Å². The Labute approximate surface area is 92.1 Å². The van der Waals surface area contributed by atoms with Crippen molar-refractivity contribution in [2.75, 3.05) is 7.05 Å². The Hall–Kier alpha value is -0.930. The number of pyridine rings is 1. The topological polar surface area (TPSA) is 50.9 Å². The number of hydrogen-bond acceptors (Lipinski definition) is 3. The van der Waals surface area contributed by atoms with Crippen molar-refractivity contribution in [3.8, 4) is 0 Å². The quantitative estimate of drug-likeness (QED) is 0.775. The van der Waals surface area contributed by atoms with Crippen molar-refractivity contribution in [1.82, 2.24) is 10.3 Å². The third kappa shape index (κ3) is 4.40. The smallest absolute Gasteiger partial charge is 0.0333 e. The summed E-state index contributed by atoms with van der Waals surface area (Å²) >= 11 is 0. The molecule has 3 heteroatoms. The molecule has 1 unspecified atom stereocenters. The van der Waals surface area contributed by atoms with Crippen LogP contribution in [0.25, 0.3) is 0 Å². The van der Waals surface area contributed by atoms with Crippen LogP contribution in [0.3, 0.4) is 0 Å². The van der Waals surface area contributed by atoms with Crippen LogP contribution in [0.2, 0.25) is 0 Å². The van der Waals surface area contributed by atoms with Crippen molar-refractivity contribution in [2.24, 2.45) is 5.73 Å². The SMILES string of the molecule is CNC(CCC(C)(C)N)c1cccnc1. The van der Waals surface area contributed by atoms with Crippen LogP contribution in [0.1, 0.15) is 38.3 Å². The zero-order chi connectivity index (χ0) is 11.3. The molecule has 1 aromatic heterocycles. The fourth-order valence-corrected chi connectivity index (χ4v) is 1.58. The highest BCUT2D eigenvalue weighted by Gasteiger charge is 2.15. The van der Waals surface area contributed by atoms with Crippen LogP contribution < -0.4 is 11.1 Å². The first-order valence-electron chi connectivity index (χ1n) is 5.39. The number of nitrogens with one attached hydrogen (secondary N) is 1. The summed E-state index contributed by atoms with van der Waals surface area (Å²) in [5, 5.41) is 3.30. The average molecular weight is 207 g/mol. The van der Waals surface area contributed by atoms with Gasteiger partial charge in [0, 0.05) is 24.0 Å². The zero-order valence-corrected chi connectivity index (χ0v) is 9.83. The number of aromatic nitrogens is 1. The number of nitrogens with zero attached hydrogens (tertiary/aromatic N) is 1. The van der Waals surface area contributed by atoms with Crippen LogP contribution in [-0.4, -0.2) is 17.6 Å². The van der Waals surface area contributed by atoms with Crippen LogP contribution in [-0.2, 0) is 0 Å². The molecular weight excluding hydrogens is 186 g/mol. The second-order valence-corrected chi connectivity index (χ2v) is 4.65. The van der Waals surface area contributed by atoms with Gasteiger partial charge in [-0.05, 0) is 45.4 Å². The van der Waals surface area contributed by atoms with Gasteiger partial charge in [-0.3, -0.25) is 4.98 Å². The molecule has 0 saturated heterocycles. The largest absolute Gasteiger partial charge is 0.326 e. The van der Waals surface area contributed by atoms with Crippen molar-refractivity contribution < 1.29 is 0 Å². The van der Waals surface area contributed by atoms with Crippen LogP contribution in [0, 0.1) is 0 Å². The summed E-state index contributed by atoms with van der Waals surface area (Å²) in [5.41, 5.74) is 7.10. The monoisotopic (exact) mass is 207 g/mol. The van der Waals surface area contributed by atoms with Crippen LogP contribution in [0.4, 0.5) is 0 Å². The first kappa shape index (κ1) is 12.1. The van der Waals surface area contributed by atoms with E-state index in [9.17, 15) is 0 Å². The van der Waals surface area contributed by atoms with Gasteiger partial charge in [0.15, 0.2) is 0 Å². The lowest BCUT2D eigenvalue weighted by molar-refractivity contribution is 0.410. The molecule has 0 spiro atoms. The summed E-state index contributed by atoms with van der Waals surface area (Å²) in [5.74, 6) is 0. The van der Waals surface area contributed by atoms with Gasteiger partial charge in [-0.1, -0.05) is 6.07 Å². The molecule has 0 aliphatic carbocycles. The fourth-order valence-electron chi connectivity index (χ4n) is 1.58. The van der Waals surface area contributed by atoms with E-state index >= 15 is 0 Å². The Bertz CT molecular complexity index is 277. The minimum Gasteiger partial charge on any atom is -0.326 e. The van der Waals surface area contributed by atoms with E-state index in [2.05, 4.69) is 30.2 Å². The van der Waals surface area contributed by atoms with Gasteiger partial charge >= 0.3 is 0 Å². The average Bonchev–Trinajstić information content (AvgIpc) is 2.19. The number of hydrogen-bond donors (Lipinski definition) is 2. The third-order valence-electron chi connectivity index (χ3n) is 2.51. The molecule has 1 atom stereocenters. The highest BCUT2D eigenvalue weighted by atomic mass is 14.9. The van der Waals surface area contributed by atoms with E-state index in [0.29, 0.717) is 6.04 Å².